The van der Waals surface area contributed by atoms with Crippen LogP contribution in [0.1, 0.15) is 32.9 Å². The molecule has 0 spiro atoms. The Morgan fingerprint density at radius 3 is 2.71 bits per heavy atom. The van der Waals surface area contributed by atoms with Crippen LogP contribution in [0.4, 0.5) is 14.6 Å². The van der Waals surface area contributed by atoms with Crippen molar-refractivity contribution in [2.45, 2.75) is 45.6 Å². The average molecular weight is 323 g/mol. The van der Waals surface area contributed by atoms with E-state index >= 15 is 0 Å². The number of hydrogen-bond donors (Lipinski definition) is 3. The number of nitrogens with one attached hydrogen (secondary N) is 3. The van der Waals surface area contributed by atoms with E-state index in [1.807, 2.05) is 0 Å². The molecule has 0 aliphatic carbocycles. The maximum atomic E-state index is 13.0. The number of H-pyrrole nitrogens is 1. The first-order valence-electron chi connectivity index (χ1n) is 6.61. The van der Waals surface area contributed by atoms with Gasteiger partial charge in [0.05, 0.1) is 12.6 Å². The Labute approximate surface area is 128 Å². The van der Waals surface area contributed by atoms with Crippen molar-refractivity contribution in [2.75, 3.05) is 11.9 Å². The van der Waals surface area contributed by atoms with Gasteiger partial charge in [0.1, 0.15) is 0 Å². The Bertz CT molecular complexity index is 499. The van der Waals surface area contributed by atoms with Crippen LogP contribution in [0.5, 0.6) is 0 Å². The molecule has 0 aromatic carbocycles. The van der Waals surface area contributed by atoms with Crippen molar-refractivity contribution in [3.05, 3.63) is 11.8 Å². The maximum absolute atomic E-state index is 13.0. The number of rotatable bonds is 3. The summed E-state index contributed by atoms with van der Waals surface area (Å²) in [5, 5.41) is 11.9. The molecule has 0 bridgehead atoms. The molecule has 1 aliphatic rings. The summed E-state index contributed by atoms with van der Waals surface area (Å²) in [4.78, 5) is 11.8. The molecule has 8 heteroatoms. The van der Waals surface area contributed by atoms with Crippen molar-refractivity contribution in [1.82, 2.24) is 15.5 Å². The zero-order valence-corrected chi connectivity index (χ0v) is 13.1. The van der Waals surface area contributed by atoms with Crippen LogP contribution < -0.4 is 10.6 Å². The first kappa shape index (κ1) is 17.8. The van der Waals surface area contributed by atoms with Crippen molar-refractivity contribution in [2.24, 2.45) is 5.41 Å². The molecule has 1 aromatic heterocycles. The van der Waals surface area contributed by atoms with Crippen LogP contribution >= 0.6 is 12.4 Å². The summed E-state index contributed by atoms with van der Waals surface area (Å²) < 4.78 is 26.0. The molecule has 1 amide bonds. The Balaban J connectivity index is 0.00000220. The normalized spacial score (nSPS) is 20.9. The van der Waals surface area contributed by atoms with Gasteiger partial charge in [-0.15, -0.1) is 12.4 Å². The van der Waals surface area contributed by atoms with E-state index in [0.29, 0.717) is 5.82 Å². The van der Waals surface area contributed by atoms with Gasteiger partial charge >= 0.3 is 0 Å². The van der Waals surface area contributed by atoms with Crippen LogP contribution in [0.2, 0.25) is 0 Å². The first-order chi connectivity index (χ1) is 9.15. The Kier molecular flexibility index (Phi) is 5.33. The fourth-order valence-electron chi connectivity index (χ4n) is 2.20. The largest absolute Gasteiger partial charge is 0.308 e. The molecule has 1 aromatic rings. The lowest BCUT2D eigenvalue weighted by atomic mass is 9.91. The number of carbonyl (C=O) groups excluding carboxylic acids is 1. The Morgan fingerprint density at radius 2 is 2.19 bits per heavy atom. The number of hydrogen-bond acceptors (Lipinski definition) is 3. The van der Waals surface area contributed by atoms with Crippen molar-refractivity contribution < 1.29 is 13.6 Å². The summed E-state index contributed by atoms with van der Waals surface area (Å²) >= 11 is 0. The molecular weight excluding hydrogens is 302 g/mol. The molecule has 5 nitrogen and oxygen atoms in total. The number of carbonyl (C=O) groups is 1. The molecule has 120 valence electrons. The van der Waals surface area contributed by atoms with Gasteiger partial charge in [0.15, 0.2) is 5.82 Å². The van der Waals surface area contributed by atoms with E-state index in [1.54, 1.807) is 6.07 Å². The lowest BCUT2D eigenvalue weighted by Crippen LogP contribution is -2.35. The van der Waals surface area contributed by atoms with Gasteiger partial charge in [0.2, 0.25) is 5.91 Å². The van der Waals surface area contributed by atoms with Crippen molar-refractivity contribution in [3.63, 3.8) is 0 Å². The number of nitrogens with zero attached hydrogens (tertiary/aromatic N) is 1. The summed E-state index contributed by atoms with van der Waals surface area (Å²) in [6.07, 6.45) is 0.313. The fourth-order valence-corrected chi connectivity index (χ4v) is 2.20. The topological polar surface area (TPSA) is 69.8 Å². The van der Waals surface area contributed by atoms with E-state index in [0.717, 1.165) is 12.1 Å². The fraction of sp³-hybridized carbons (Fsp3) is 0.692. The van der Waals surface area contributed by atoms with Gasteiger partial charge in [-0.05, 0) is 11.8 Å². The van der Waals surface area contributed by atoms with Gasteiger partial charge < -0.3 is 5.32 Å². The van der Waals surface area contributed by atoms with E-state index in [4.69, 9.17) is 0 Å². The SMILES string of the molecule is CC(C)(C)Cc1cc(NC(=O)C2CC(F)(F)CN2)n[nH]1.Cl. The van der Waals surface area contributed by atoms with Gasteiger partial charge in [-0.2, -0.15) is 5.10 Å². The van der Waals surface area contributed by atoms with Crippen molar-refractivity contribution >= 4 is 24.1 Å². The van der Waals surface area contributed by atoms with Gasteiger partial charge in [0.25, 0.3) is 5.92 Å². The lowest BCUT2D eigenvalue weighted by molar-refractivity contribution is -0.118. The third-order valence-electron chi connectivity index (χ3n) is 3.03. The smallest absolute Gasteiger partial charge is 0.262 e. The minimum absolute atomic E-state index is 0. The van der Waals surface area contributed by atoms with E-state index in [1.165, 1.54) is 0 Å². The third-order valence-corrected chi connectivity index (χ3v) is 3.03. The molecule has 3 N–H and O–H groups in total. The molecule has 0 saturated carbocycles. The standard InChI is InChI=1S/C13H20F2N4O.ClH/c1-12(2,3)5-8-4-10(19-18-8)17-11(20)9-6-13(14,15)7-16-9;/h4,9,16H,5-7H2,1-3H3,(H2,17,18,19,20);1H. The molecular formula is C13H21ClF2N4O. The minimum atomic E-state index is -2.81. The highest BCUT2D eigenvalue weighted by Crippen LogP contribution is 2.26. The number of alkyl halides is 2. The number of amides is 1. The second-order valence-corrected chi connectivity index (χ2v) is 6.50. The Hall–Kier alpha value is -1.21. The van der Waals surface area contributed by atoms with E-state index in [2.05, 4.69) is 41.6 Å². The van der Waals surface area contributed by atoms with Crippen LogP contribution in [0.25, 0.3) is 0 Å². The average Bonchev–Trinajstić information content (AvgIpc) is 2.83. The number of halogens is 3. The summed E-state index contributed by atoms with van der Waals surface area (Å²) in [5.74, 6) is -2.92. The highest BCUT2D eigenvalue weighted by molar-refractivity contribution is 5.94. The van der Waals surface area contributed by atoms with Crippen LogP contribution in [0.15, 0.2) is 6.07 Å². The molecule has 1 atom stereocenters. The molecule has 1 saturated heterocycles. The minimum Gasteiger partial charge on any atom is -0.308 e. The van der Waals surface area contributed by atoms with Gasteiger partial charge in [-0.3, -0.25) is 15.2 Å². The number of aromatic nitrogens is 2. The van der Waals surface area contributed by atoms with Gasteiger partial charge in [-0.1, -0.05) is 20.8 Å². The Morgan fingerprint density at radius 1 is 1.52 bits per heavy atom. The number of aromatic amines is 1. The summed E-state index contributed by atoms with van der Waals surface area (Å²) in [6, 6.07) is 0.865. The zero-order chi connectivity index (χ0) is 15.0. The molecule has 21 heavy (non-hydrogen) atoms. The predicted molar refractivity (Wildman–Crippen MR) is 79.0 cm³/mol. The van der Waals surface area contributed by atoms with Crippen molar-refractivity contribution in [1.29, 1.82) is 0 Å². The molecule has 1 aliphatic heterocycles. The summed E-state index contributed by atoms with van der Waals surface area (Å²) in [6.45, 7) is 5.82. The summed E-state index contributed by atoms with van der Waals surface area (Å²) in [7, 11) is 0. The zero-order valence-electron chi connectivity index (χ0n) is 12.3. The van der Waals surface area contributed by atoms with Crippen LogP contribution in [-0.2, 0) is 11.2 Å². The molecule has 1 unspecified atom stereocenters. The maximum Gasteiger partial charge on any atom is 0.262 e. The van der Waals surface area contributed by atoms with Crippen LogP contribution in [-0.4, -0.2) is 34.6 Å². The summed E-state index contributed by atoms with van der Waals surface area (Å²) in [5.41, 5.74) is 1.00. The molecule has 0 radical (unpaired) electrons. The quantitative estimate of drug-likeness (QED) is 0.800. The highest BCUT2D eigenvalue weighted by atomic mass is 35.5. The second-order valence-electron chi connectivity index (χ2n) is 6.50. The highest BCUT2D eigenvalue weighted by Gasteiger charge is 2.42. The van der Waals surface area contributed by atoms with Crippen molar-refractivity contribution in [3.8, 4) is 0 Å². The second kappa shape index (κ2) is 6.27. The first-order valence-corrected chi connectivity index (χ1v) is 6.61. The van der Waals surface area contributed by atoms with Crippen LogP contribution in [0.3, 0.4) is 0 Å². The van der Waals surface area contributed by atoms with Gasteiger partial charge in [-0.25, -0.2) is 8.78 Å². The number of anilines is 1. The predicted octanol–water partition coefficient (Wildman–Crippen LogP) is 2.36. The molecule has 2 heterocycles. The molecule has 1 fully saturated rings. The van der Waals surface area contributed by atoms with E-state index < -0.39 is 30.8 Å². The van der Waals surface area contributed by atoms with Crippen LogP contribution in [0, 0.1) is 5.41 Å². The van der Waals surface area contributed by atoms with E-state index in [-0.39, 0.29) is 17.8 Å². The molecule has 2 rings (SSSR count). The lowest BCUT2D eigenvalue weighted by Gasteiger charge is -2.15. The third kappa shape index (κ3) is 5.24. The van der Waals surface area contributed by atoms with Gasteiger partial charge in [0, 0.05) is 18.2 Å². The monoisotopic (exact) mass is 322 g/mol. The van der Waals surface area contributed by atoms with E-state index in [9.17, 15) is 13.6 Å².